The molecule has 3 aliphatic rings. The van der Waals surface area contributed by atoms with Crippen molar-refractivity contribution < 1.29 is 32.0 Å². The van der Waals surface area contributed by atoms with Gasteiger partial charge < -0.3 is 14.5 Å². The van der Waals surface area contributed by atoms with Crippen LogP contribution in [0.2, 0.25) is 0 Å². The number of nitrogens with zero attached hydrogens (tertiary/aromatic N) is 4. The molecule has 40 heavy (non-hydrogen) atoms. The number of fused-ring (bicyclic) bond motifs is 1. The normalized spacial score (nSPS) is 18.7. The highest BCUT2D eigenvalue weighted by molar-refractivity contribution is 7.22. The van der Waals surface area contributed by atoms with Crippen molar-refractivity contribution in [1.82, 2.24) is 15.1 Å². The molecule has 7 rings (SSSR count). The van der Waals surface area contributed by atoms with E-state index in [0.717, 1.165) is 49.6 Å². The monoisotopic (exact) mass is 570 g/mol. The van der Waals surface area contributed by atoms with Gasteiger partial charge in [-0.25, -0.2) is 14.2 Å². The summed E-state index contributed by atoms with van der Waals surface area (Å²) in [6.07, 6.45) is 4.09. The fourth-order valence-corrected chi connectivity index (χ4v) is 6.90. The van der Waals surface area contributed by atoms with Gasteiger partial charge in [-0.05, 0) is 61.3 Å². The maximum absolute atomic E-state index is 14.5. The first-order valence-corrected chi connectivity index (χ1v) is 13.8. The zero-order valence-electron chi connectivity index (χ0n) is 21.0. The van der Waals surface area contributed by atoms with Crippen LogP contribution in [0.4, 0.5) is 22.7 Å². The molecule has 1 saturated heterocycles. The lowest BCUT2D eigenvalue weighted by Crippen LogP contribution is -2.42. The lowest BCUT2D eigenvalue weighted by Gasteiger charge is -2.46. The number of hydrogen-bond acceptors (Lipinski definition) is 7. The molecule has 0 atom stereocenters. The summed E-state index contributed by atoms with van der Waals surface area (Å²) in [4.78, 5) is 21.7. The van der Waals surface area contributed by atoms with Crippen LogP contribution in [0.3, 0.4) is 0 Å². The van der Waals surface area contributed by atoms with Crippen molar-refractivity contribution in [3.05, 3.63) is 64.9 Å². The fourth-order valence-electron chi connectivity index (χ4n) is 5.83. The van der Waals surface area contributed by atoms with E-state index in [4.69, 9.17) is 4.52 Å². The Bertz CT molecular complexity index is 1700. The van der Waals surface area contributed by atoms with Gasteiger partial charge in [-0.1, -0.05) is 22.6 Å². The van der Waals surface area contributed by atoms with Crippen molar-refractivity contribution in [2.75, 3.05) is 18.0 Å². The standard InChI is InChI=1S/C28H22F4N4O3S/c29-19-9-15(25(37)38)10-20-23(19)34-26(40-20)36-7-4-27(5-8-36)11-16(12-27)21-22(35-39-24(21)14-1-2-14)17-13-33-6-3-18(17)28(30,31)32/h3,6,9-11,13-14H,1-2,4-5,7-8,12H2,(H,37,38). The number of hydrogen-bond donors (Lipinski definition) is 1. The Morgan fingerprint density at radius 2 is 1.95 bits per heavy atom. The molecule has 0 radical (unpaired) electrons. The average Bonchev–Trinajstić information content (AvgIpc) is 3.50. The van der Waals surface area contributed by atoms with E-state index in [1.165, 1.54) is 23.6 Å². The Balaban J connectivity index is 1.15. The molecule has 1 aliphatic heterocycles. The quantitative estimate of drug-likeness (QED) is 0.255. The second-order valence-corrected chi connectivity index (χ2v) is 11.8. The highest BCUT2D eigenvalue weighted by atomic mass is 32.1. The minimum absolute atomic E-state index is 0.0774. The molecule has 4 heterocycles. The number of piperidine rings is 1. The maximum Gasteiger partial charge on any atom is 0.417 e. The number of carboxylic acids is 1. The van der Waals surface area contributed by atoms with Gasteiger partial charge in [0.25, 0.3) is 0 Å². The summed E-state index contributed by atoms with van der Waals surface area (Å²) in [5.41, 5.74) is 0.905. The molecule has 1 spiro atoms. The Labute approximate surface area is 229 Å². The second-order valence-electron chi connectivity index (χ2n) is 10.8. The molecule has 206 valence electrons. The van der Waals surface area contributed by atoms with Crippen LogP contribution in [0.15, 0.2) is 41.2 Å². The highest BCUT2D eigenvalue weighted by Gasteiger charge is 2.45. The maximum atomic E-state index is 14.5. The van der Waals surface area contributed by atoms with E-state index in [-0.39, 0.29) is 33.7 Å². The summed E-state index contributed by atoms with van der Waals surface area (Å²) in [5.74, 6) is -1.02. The van der Waals surface area contributed by atoms with Gasteiger partial charge in [0.05, 0.1) is 15.8 Å². The number of alkyl halides is 3. The third-order valence-corrected chi connectivity index (χ3v) is 9.17. The summed E-state index contributed by atoms with van der Waals surface area (Å²) in [7, 11) is 0. The lowest BCUT2D eigenvalue weighted by molar-refractivity contribution is -0.137. The molecule has 0 bridgehead atoms. The Kier molecular flexibility index (Phi) is 5.57. The number of rotatable bonds is 5. The smallest absolute Gasteiger partial charge is 0.417 e. The molecule has 2 fully saturated rings. The average molecular weight is 571 g/mol. The molecule has 12 heteroatoms. The predicted molar refractivity (Wildman–Crippen MR) is 140 cm³/mol. The molecular weight excluding hydrogens is 548 g/mol. The van der Waals surface area contributed by atoms with E-state index in [2.05, 4.69) is 26.1 Å². The van der Waals surface area contributed by atoms with Crippen LogP contribution >= 0.6 is 11.3 Å². The summed E-state index contributed by atoms with van der Waals surface area (Å²) >= 11 is 1.27. The number of thiazole rings is 1. The Morgan fingerprint density at radius 1 is 1.20 bits per heavy atom. The van der Waals surface area contributed by atoms with Crippen molar-refractivity contribution >= 4 is 38.2 Å². The van der Waals surface area contributed by atoms with Gasteiger partial charge in [0.2, 0.25) is 0 Å². The van der Waals surface area contributed by atoms with E-state index in [1.807, 2.05) is 0 Å². The van der Waals surface area contributed by atoms with Crippen molar-refractivity contribution in [2.24, 2.45) is 5.41 Å². The third-order valence-electron chi connectivity index (χ3n) is 8.11. The molecule has 3 aromatic heterocycles. The topological polar surface area (TPSA) is 92.3 Å². The van der Waals surface area contributed by atoms with Gasteiger partial charge in [-0.3, -0.25) is 4.98 Å². The highest BCUT2D eigenvalue weighted by Crippen LogP contribution is 2.56. The molecule has 2 aliphatic carbocycles. The van der Waals surface area contributed by atoms with Crippen LogP contribution < -0.4 is 4.90 Å². The molecule has 0 unspecified atom stereocenters. The van der Waals surface area contributed by atoms with Crippen LogP contribution in [-0.4, -0.2) is 39.3 Å². The Hall–Kier alpha value is -3.80. The Morgan fingerprint density at radius 3 is 2.62 bits per heavy atom. The summed E-state index contributed by atoms with van der Waals surface area (Å²) in [6.45, 7) is 1.34. The molecule has 1 aromatic carbocycles. The molecule has 0 amide bonds. The van der Waals surface area contributed by atoms with E-state index in [0.29, 0.717) is 40.7 Å². The van der Waals surface area contributed by atoms with E-state index in [9.17, 15) is 27.5 Å². The van der Waals surface area contributed by atoms with Gasteiger partial charge in [-0.2, -0.15) is 13.2 Å². The van der Waals surface area contributed by atoms with Gasteiger partial charge in [0.15, 0.2) is 10.9 Å². The first-order chi connectivity index (χ1) is 19.1. The van der Waals surface area contributed by atoms with Crippen molar-refractivity contribution in [3.63, 3.8) is 0 Å². The van der Waals surface area contributed by atoms with Gasteiger partial charge in [0, 0.05) is 42.5 Å². The largest absolute Gasteiger partial charge is 0.478 e. The number of carbonyl (C=O) groups is 1. The van der Waals surface area contributed by atoms with Crippen molar-refractivity contribution in [1.29, 1.82) is 0 Å². The van der Waals surface area contributed by atoms with Crippen LogP contribution in [0.1, 0.15) is 65.3 Å². The van der Waals surface area contributed by atoms with E-state index >= 15 is 0 Å². The number of aromatic carboxylic acids is 1. The van der Waals surface area contributed by atoms with E-state index in [1.54, 1.807) is 0 Å². The number of pyridine rings is 1. The van der Waals surface area contributed by atoms with Crippen LogP contribution in [0.25, 0.3) is 27.0 Å². The van der Waals surface area contributed by atoms with Crippen molar-refractivity contribution in [2.45, 2.75) is 44.2 Å². The van der Waals surface area contributed by atoms with Crippen LogP contribution in [0.5, 0.6) is 0 Å². The third kappa shape index (κ3) is 4.16. The first-order valence-electron chi connectivity index (χ1n) is 12.9. The lowest BCUT2D eigenvalue weighted by atomic mass is 9.63. The van der Waals surface area contributed by atoms with Gasteiger partial charge in [0.1, 0.15) is 17.0 Å². The van der Waals surface area contributed by atoms with Gasteiger partial charge in [-0.15, -0.1) is 0 Å². The second kappa shape index (κ2) is 8.85. The first kappa shape index (κ1) is 25.2. The fraction of sp³-hybridized carbons (Fsp3) is 0.357. The molecule has 1 saturated carbocycles. The summed E-state index contributed by atoms with van der Waals surface area (Å²) < 4.78 is 62.0. The van der Waals surface area contributed by atoms with Crippen LogP contribution in [-0.2, 0) is 6.18 Å². The molecule has 7 nitrogen and oxygen atoms in total. The number of allylic oxidation sites excluding steroid dienone is 2. The number of halogens is 4. The van der Waals surface area contributed by atoms with Gasteiger partial charge >= 0.3 is 12.1 Å². The summed E-state index contributed by atoms with van der Waals surface area (Å²) in [6, 6.07) is 3.39. The number of anilines is 1. The predicted octanol–water partition coefficient (Wildman–Crippen LogP) is 7.15. The number of aromatic nitrogens is 3. The zero-order valence-corrected chi connectivity index (χ0v) is 21.8. The molecular formula is C28H22F4N4O3S. The minimum Gasteiger partial charge on any atom is -0.478 e. The zero-order chi connectivity index (χ0) is 27.8. The SMILES string of the molecule is O=C(O)c1cc(F)c2nc(N3CCC4(C=C(c5c(-c6cnccc6C(F)(F)F)noc5C5CC5)C4)CC3)sc2c1. The minimum atomic E-state index is -4.55. The summed E-state index contributed by atoms with van der Waals surface area (Å²) in [5, 5.41) is 14.0. The number of carboxylic acid groups (broad SMARTS) is 1. The molecule has 1 N–H and O–H groups in total. The van der Waals surface area contributed by atoms with Crippen LogP contribution in [0, 0.1) is 11.2 Å². The van der Waals surface area contributed by atoms with E-state index < -0.39 is 23.5 Å². The molecule has 4 aromatic rings. The van der Waals surface area contributed by atoms with Crippen molar-refractivity contribution in [3.8, 4) is 11.3 Å². The number of benzene rings is 1.